The molecule has 1 amide bonds. The van der Waals surface area contributed by atoms with E-state index in [-0.39, 0.29) is 17.1 Å². The summed E-state index contributed by atoms with van der Waals surface area (Å²) in [6, 6.07) is 17.2. The number of amides is 1. The van der Waals surface area contributed by atoms with Crippen molar-refractivity contribution in [1.82, 2.24) is 9.80 Å². The maximum atomic E-state index is 13.1. The van der Waals surface area contributed by atoms with Gasteiger partial charge in [0.2, 0.25) is 5.91 Å². The first-order valence-electron chi connectivity index (χ1n) is 12.8. The molecular formula is C29H37FN2O2. The molecule has 0 bridgehead atoms. The number of carbonyl (C=O) groups excluding carboxylic acids is 2. The number of hydrogen-bond donors (Lipinski definition) is 0. The van der Waals surface area contributed by atoms with Crippen LogP contribution in [-0.4, -0.2) is 48.2 Å². The van der Waals surface area contributed by atoms with Gasteiger partial charge in [0.1, 0.15) is 12.1 Å². The number of likely N-dealkylation sites (tertiary alicyclic amines) is 2. The molecule has 182 valence electrons. The van der Waals surface area contributed by atoms with E-state index in [1.807, 2.05) is 4.90 Å². The van der Waals surface area contributed by atoms with Gasteiger partial charge in [-0.05, 0) is 92.8 Å². The minimum absolute atomic E-state index is 0.146. The second-order valence-electron chi connectivity index (χ2n) is 10.3. The fourth-order valence-corrected chi connectivity index (χ4v) is 5.16. The van der Waals surface area contributed by atoms with Crippen LogP contribution in [-0.2, 0) is 22.6 Å². The number of hydrogen-bond acceptors (Lipinski definition) is 3. The minimum Gasteiger partial charge on any atom is -0.338 e. The fraction of sp³-hybridized carbons (Fsp3) is 0.517. The zero-order chi connectivity index (χ0) is 23.8. The zero-order valence-corrected chi connectivity index (χ0v) is 20.1. The highest BCUT2D eigenvalue weighted by molar-refractivity contribution is 5.79. The Morgan fingerprint density at radius 2 is 1.68 bits per heavy atom. The molecular weight excluding hydrogens is 427 g/mol. The highest BCUT2D eigenvalue weighted by atomic mass is 19.1. The van der Waals surface area contributed by atoms with Crippen molar-refractivity contribution >= 4 is 12.2 Å². The topological polar surface area (TPSA) is 40.6 Å². The zero-order valence-electron chi connectivity index (χ0n) is 20.1. The molecule has 3 fully saturated rings. The van der Waals surface area contributed by atoms with Gasteiger partial charge in [0, 0.05) is 25.9 Å². The van der Waals surface area contributed by atoms with E-state index in [4.69, 9.17) is 0 Å². The van der Waals surface area contributed by atoms with E-state index in [2.05, 4.69) is 35.2 Å². The van der Waals surface area contributed by atoms with Crippen LogP contribution in [0.3, 0.4) is 0 Å². The van der Waals surface area contributed by atoms with Crippen LogP contribution in [0.25, 0.3) is 0 Å². The molecule has 0 unspecified atom stereocenters. The van der Waals surface area contributed by atoms with Gasteiger partial charge in [-0.2, -0.15) is 0 Å². The number of benzene rings is 2. The molecule has 1 aliphatic carbocycles. The van der Waals surface area contributed by atoms with Crippen LogP contribution in [0, 0.1) is 17.2 Å². The maximum Gasteiger partial charge on any atom is 0.223 e. The van der Waals surface area contributed by atoms with E-state index in [1.54, 1.807) is 12.1 Å². The lowest BCUT2D eigenvalue weighted by Crippen LogP contribution is -2.41. The van der Waals surface area contributed by atoms with Gasteiger partial charge in [0.05, 0.1) is 0 Å². The van der Waals surface area contributed by atoms with Crippen molar-refractivity contribution in [2.24, 2.45) is 11.3 Å². The van der Waals surface area contributed by atoms with Crippen molar-refractivity contribution in [3.63, 3.8) is 0 Å². The van der Waals surface area contributed by atoms with E-state index in [1.165, 1.54) is 37.0 Å². The van der Waals surface area contributed by atoms with E-state index in [9.17, 15) is 14.0 Å². The molecule has 34 heavy (non-hydrogen) atoms. The van der Waals surface area contributed by atoms with Crippen LogP contribution in [0.1, 0.15) is 56.1 Å². The van der Waals surface area contributed by atoms with E-state index >= 15 is 0 Å². The van der Waals surface area contributed by atoms with Crippen LogP contribution < -0.4 is 0 Å². The van der Waals surface area contributed by atoms with Gasteiger partial charge < -0.3 is 14.6 Å². The van der Waals surface area contributed by atoms with Gasteiger partial charge in [-0.1, -0.05) is 42.5 Å². The number of aryl methyl sites for hydroxylation is 1. The molecule has 0 aromatic heterocycles. The number of rotatable bonds is 8. The standard InChI is InChI=1S/C24H29FN2O.C5H8O/c25-22-10-8-21(9-11-22)18-27-19-24(17-23(27)28)12-15-26(16-13-24)14-4-7-20-5-2-1-3-6-20;6-4-3-5-1-2-5/h1-3,5-6,8-11H,4,7,12-19H2;4-5H,1-3H2. The molecule has 1 spiro atoms. The van der Waals surface area contributed by atoms with Crippen LogP contribution in [0.15, 0.2) is 54.6 Å². The van der Waals surface area contributed by atoms with Gasteiger partial charge in [-0.25, -0.2) is 4.39 Å². The lowest BCUT2D eigenvalue weighted by Gasteiger charge is -2.38. The lowest BCUT2D eigenvalue weighted by molar-refractivity contribution is -0.128. The van der Waals surface area contributed by atoms with Crippen LogP contribution in [0.2, 0.25) is 0 Å². The Morgan fingerprint density at radius 1 is 0.971 bits per heavy atom. The number of carbonyl (C=O) groups is 2. The van der Waals surface area contributed by atoms with Crippen molar-refractivity contribution in [3.8, 4) is 0 Å². The second kappa shape index (κ2) is 11.7. The molecule has 0 N–H and O–H groups in total. The average molecular weight is 465 g/mol. The molecule has 5 rings (SSSR count). The smallest absolute Gasteiger partial charge is 0.223 e. The normalized spacial score (nSPS) is 19.7. The van der Waals surface area contributed by atoms with Gasteiger partial charge in [0.25, 0.3) is 0 Å². The highest BCUT2D eigenvalue weighted by Gasteiger charge is 2.44. The average Bonchev–Trinajstić information content (AvgIpc) is 3.62. The predicted molar refractivity (Wildman–Crippen MR) is 133 cm³/mol. The molecule has 5 heteroatoms. The monoisotopic (exact) mass is 464 g/mol. The summed E-state index contributed by atoms with van der Waals surface area (Å²) in [4.78, 5) is 26.8. The van der Waals surface area contributed by atoms with Gasteiger partial charge in [-0.15, -0.1) is 0 Å². The van der Waals surface area contributed by atoms with Crippen molar-refractivity contribution < 1.29 is 14.0 Å². The number of halogens is 1. The minimum atomic E-state index is -0.229. The molecule has 3 aliphatic rings. The summed E-state index contributed by atoms with van der Waals surface area (Å²) in [7, 11) is 0. The third-order valence-corrected chi connectivity index (χ3v) is 7.52. The van der Waals surface area contributed by atoms with E-state index in [0.717, 1.165) is 69.6 Å². The number of piperidine rings is 1. The molecule has 1 saturated carbocycles. The summed E-state index contributed by atoms with van der Waals surface area (Å²) in [6.07, 6.45) is 9.59. The molecule has 2 heterocycles. The van der Waals surface area contributed by atoms with Crippen LogP contribution in [0.4, 0.5) is 4.39 Å². The SMILES string of the molecule is O=C1CC2(CCN(CCCc3ccccc3)CC2)CN1Cc1ccc(F)cc1.O=CCC1CC1. The molecule has 2 saturated heterocycles. The third-order valence-electron chi connectivity index (χ3n) is 7.52. The molecule has 0 atom stereocenters. The summed E-state index contributed by atoms with van der Waals surface area (Å²) in [5.74, 6) is 0.803. The quantitative estimate of drug-likeness (QED) is 0.501. The maximum absolute atomic E-state index is 13.1. The summed E-state index contributed by atoms with van der Waals surface area (Å²) < 4.78 is 13.1. The highest BCUT2D eigenvalue weighted by Crippen LogP contribution is 2.41. The molecule has 2 aliphatic heterocycles. The summed E-state index contributed by atoms with van der Waals surface area (Å²) in [5, 5.41) is 0. The Labute approximate surface area is 203 Å². The largest absolute Gasteiger partial charge is 0.338 e. The Hall–Kier alpha value is -2.53. The van der Waals surface area contributed by atoms with Gasteiger partial charge in [0.15, 0.2) is 0 Å². The first kappa shape index (κ1) is 24.6. The Balaban J connectivity index is 0.000000398. The molecule has 2 aromatic rings. The van der Waals surface area contributed by atoms with Crippen LogP contribution >= 0.6 is 0 Å². The van der Waals surface area contributed by atoms with E-state index in [0.29, 0.717) is 13.0 Å². The van der Waals surface area contributed by atoms with Crippen molar-refractivity contribution in [3.05, 3.63) is 71.5 Å². The molecule has 0 radical (unpaired) electrons. The number of nitrogens with zero attached hydrogens (tertiary/aromatic N) is 2. The lowest BCUT2D eigenvalue weighted by atomic mass is 9.77. The Kier molecular flexibility index (Phi) is 8.49. The van der Waals surface area contributed by atoms with Gasteiger partial charge >= 0.3 is 0 Å². The number of aldehydes is 1. The summed E-state index contributed by atoms with van der Waals surface area (Å²) in [6.45, 7) is 4.76. The Morgan fingerprint density at radius 3 is 2.29 bits per heavy atom. The molecule has 2 aromatic carbocycles. The first-order valence-corrected chi connectivity index (χ1v) is 12.8. The second-order valence-corrected chi connectivity index (χ2v) is 10.3. The van der Waals surface area contributed by atoms with Crippen molar-refractivity contribution in [1.29, 1.82) is 0 Å². The molecule has 4 nitrogen and oxygen atoms in total. The van der Waals surface area contributed by atoms with Crippen molar-refractivity contribution in [2.45, 2.75) is 57.9 Å². The van der Waals surface area contributed by atoms with E-state index < -0.39 is 0 Å². The third kappa shape index (κ3) is 7.23. The summed E-state index contributed by atoms with van der Waals surface area (Å²) in [5.41, 5.74) is 2.56. The first-order chi connectivity index (χ1) is 16.5. The van der Waals surface area contributed by atoms with Gasteiger partial charge in [-0.3, -0.25) is 4.79 Å². The van der Waals surface area contributed by atoms with Crippen LogP contribution in [0.5, 0.6) is 0 Å². The van der Waals surface area contributed by atoms with Crippen molar-refractivity contribution in [2.75, 3.05) is 26.2 Å². The fourth-order valence-electron chi connectivity index (χ4n) is 5.16. The summed E-state index contributed by atoms with van der Waals surface area (Å²) >= 11 is 0. The Bertz CT molecular complexity index is 919. The predicted octanol–water partition coefficient (Wildman–Crippen LogP) is 5.26.